The fourth-order valence-electron chi connectivity index (χ4n) is 3.55. The Morgan fingerprint density at radius 2 is 2.15 bits per heavy atom. The fraction of sp³-hybridized carbons (Fsp3) is 0.500. The van der Waals surface area contributed by atoms with Gasteiger partial charge in [0.05, 0.1) is 18.3 Å². The SMILES string of the molecule is CO[C@H]1CN(CC(=O)NCCc2ccc(F)cc2)C[C@H]1Cc1cc(C)no1. The fourth-order valence-corrected chi connectivity index (χ4v) is 3.55. The van der Waals surface area contributed by atoms with Gasteiger partial charge in [0.25, 0.3) is 0 Å². The van der Waals surface area contributed by atoms with Crippen LogP contribution in [0.15, 0.2) is 34.9 Å². The molecule has 146 valence electrons. The molecule has 7 heteroatoms. The maximum Gasteiger partial charge on any atom is 0.234 e. The Bertz CT molecular complexity index is 747. The summed E-state index contributed by atoms with van der Waals surface area (Å²) in [6.07, 6.45) is 1.50. The van der Waals surface area contributed by atoms with Crippen LogP contribution in [-0.2, 0) is 22.4 Å². The average Bonchev–Trinajstić information content (AvgIpc) is 3.22. The van der Waals surface area contributed by atoms with Crippen molar-refractivity contribution < 1.29 is 18.4 Å². The first-order valence-corrected chi connectivity index (χ1v) is 9.22. The van der Waals surface area contributed by atoms with E-state index in [-0.39, 0.29) is 23.7 Å². The highest BCUT2D eigenvalue weighted by molar-refractivity contribution is 5.78. The Balaban J connectivity index is 1.43. The minimum absolute atomic E-state index is 0.0110. The normalized spacial score (nSPS) is 20.1. The minimum Gasteiger partial charge on any atom is -0.380 e. The van der Waals surface area contributed by atoms with Crippen LogP contribution >= 0.6 is 0 Å². The first kappa shape index (κ1) is 19.5. The van der Waals surface area contributed by atoms with Crippen molar-refractivity contribution in [1.82, 2.24) is 15.4 Å². The number of amides is 1. The van der Waals surface area contributed by atoms with Crippen LogP contribution in [-0.4, -0.2) is 55.4 Å². The summed E-state index contributed by atoms with van der Waals surface area (Å²) in [7, 11) is 1.70. The zero-order valence-electron chi connectivity index (χ0n) is 15.8. The van der Waals surface area contributed by atoms with E-state index in [1.165, 1.54) is 12.1 Å². The number of carbonyl (C=O) groups is 1. The summed E-state index contributed by atoms with van der Waals surface area (Å²) < 4.78 is 23.8. The lowest BCUT2D eigenvalue weighted by Crippen LogP contribution is -2.37. The monoisotopic (exact) mass is 375 g/mol. The summed E-state index contributed by atoms with van der Waals surface area (Å²) in [5.41, 5.74) is 1.87. The number of nitrogens with one attached hydrogen (secondary N) is 1. The van der Waals surface area contributed by atoms with Gasteiger partial charge in [-0.3, -0.25) is 9.69 Å². The predicted octanol–water partition coefficient (Wildman–Crippen LogP) is 1.97. The number of carbonyl (C=O) groups excluding carboxylic acids is 1. The van der Waals surface area contributed by atoms with E-state index in [4.69, 9.17) is 9.26 Å². The van der Waals surface area contributed by atoms with Gasteiger partial charge in [-0.15, -0.1) is 0 Å². The zero-order chi connectivity index (χ0) is 19.2. The van der Waals surface area contributed by atoms with Crippen molar-refractivity contribution in [3.05, 3.63) is 53.2 Å². The summed E-state index contributed by atoms with van der Waals surface area (Å²) >= 11 is 0. The van der Waals surface area contributed by atoms with E-state index in [0.717, 1.165) is 36.5 Å². The molecule has 1 saturated heterocycles. The number of aromatic nitrogens is 1. The molecule has 2 aromatic rings. The van der Waals surface area contributed by atoms with Crippen molar-refractivity contribution in [3.8, 4) is 0 Å². The van der Waals surface area contributed by atoms with Gasteiger partial charge in [-0.1, -0.05) is 17.3 Å². The maximum absolute atomic E-state index is 12.9. The van der Waals surface area contributed by atoms with E-state index in [2.05, 4.69) is 15.4 Å². The summed E-state index contributed by atoms with van der Waals surface area (Å²) in [5, 5.41) is 6.86. The summed E-state index contributed by atoms with van der Waals surface area (Å²) in [6, 6.07) is 8.28. The van der Waals surface area contributed by atoms with Gasteiger partial charge in [0.15, 0.2) is 0 Å². The number of methoxy groups -OCH3 is 1. The van der Waals surface area contributed by atoms with E-state index >= 15 is 0 Å². The molecule has 0 unspecified atom stereocenters. The molecule has 0 radical (unpaired) electrons. The smallest absolute Gasteiger partial charge is 0.234 e. The van der Waals surface area contributed by atoms with Crippen molar-refractivity contribution >= 4 is 5.91 Å². The van der Waals surface area contributed by atoms with Crippen LogP contribution in [0.1, 0.15) is 17.0 Å². The number of hydrogen-bond acceptors (Lipinski definition) is 5. The van der Waals surface area contributed by atoms with Gasteiger partial charge in [-0.05, 0) is 31.0 Å². The van der Waals surface area contributed by atoms with Gasteiger partial charge in [0.1, 0.15) is 11.6 Å². The molecule has 0 saturated carbocycles. The lowest BCUT2D eigenvalue weighted by Gasteiger charge is -2.15. The van der Waals surface area contributed by atoms with Crippen molar-refractivity contribution in [2.45, 2.75) is 25.9 Å². The lowest BCUT2D eigenvalue weighted by atomic mass is 10.0. The number of aryl methyl sites for hydroxylation is 1. The number of rotatable bonds is 8. The molecule has 1 aromatic heterocycles. The highest BCUT2D eigenvalue weighted by Gasteiger charge is 2.34. The maximum atomic E-state index is 12.9. The lowest BCUT2D eigenvalue weighted by molar-refractivity contribution is -0.122. The topological polar surface area (TPSA) is 67.6 Å². The molecule has 3 rings (SSSR count). The van der Waals surface area contributed by atoms with E-state index < -0.39 is 0 Å². The van der Waals surface area contributed by atoms with Crippen molar-refractivity contribution in [3.63, 3.8) is 0 Å². The van der Waals surface area contributed by atoms with E-state index in [0.29, 0.717) is 19.5 Å². The number of nitrogens with zero attached hydrogens (tertiary/aromatic N) is 2. The molecule has 6 nitrogen and oxygen atoms in total. The van der Waals surface area contributed by atoms with Crippen LogP contribution < -0.4 is 5.32 Å². The van der Waals surface area contributed by atoms with Crippen molar-refractivity contribution in [2.24, 2.45) is 5.92 Å². The Morgan fingerprint density at radius 3 is 2.81 bits per heavy atom. The van der Waals surface area contributed by atoms with Crippen molar-refractivity contribution in [2.75, 3.05) is 33.3 Å². The molecular weight excluding hydrogens is 349 g/mol. The van der Waals surface area contributed by atoms with Crippen molar-refractivity contribution in [1.29, 1.82) is 0 Å². The standard InChI is InChI=1S/C20H26FN3O3/c1-14-9-18(27-23-14)10-16-11-24(12-19(16)26-2)13-20(25)22-8-7-15-3-5-17(21)6-4-15/h3-6,9,16,19H,7-8,10-13H2,1-2H3,(H,22,25)/t16-,19+/m1/s1. The quantitative estimate of drug-likeness (QED) is 0.764. The third-order valence-corrected chi connectivity index (χ3v) is 4.92. The predicted molar refractivity (Wildman–Crippen MR) is 98.8 cm³/mol. The van der Waals surface area contributed by atoms with Gasteiger partial charge < -0.3 is 14.6 Å². The van der Waals surface area contributed by atoms with Crippen LogP contribution in [0.5, 0.6) is 0 Å². The van der Waals surface area contributed by atoms with Gasteiger partial charge in [-0.2, -0.15) is 0 Å². The molecule has 0 spiro atoms. The largest absolute Gasteiger partial charge is 0.380 e. The number of halogens is 1. The molecule has 1 N–H and O–H groups in total. The number of hydrogen-bond donors (Lipinski definition) is 1. The van der Waals surface area contributed by atoms with Gasteiger partial charge in [-0.25, -0.2) is 4.39 Å². The molecule has 0 aliphatic carbocycles. The second-order valence-corrected chi connectivity index (χ2v) is 7.09. The molecular formula is C20H26FN3O3. The van der Waals surface area contributed by atoms with Crippen LogP contribution in [0.25, 0.3) is 0 Å². The molecule has 27 heavy (non-hydrogen) atoms. The molecule has 0 bridgehead atoms. The third-order valence-electron chi connectivity index (χ3n) is 4.92. The summed E-state index contributed by atoms with van der Waals surface area (Å²) in [6.45, 7) is 4.28. The van der Waals surface area contributed by atoms with Gasteiger partial charge >= 0.3 is 0 Å². The van der Waals surface area contributed by atoms with Crippen LogP contribution in [0, 0.1) is 18.7 Å². The zero-order valence-corrected chi connectivity index (χ0v) is 15.8. The Labute approximate surface area is 158 Å². The van der Waals surface area contributed by atoms with Gasteiger partial charge in [0, 0.05) is 45.1 Å². The molecule has 1 aliphatic heterocycles. The summed E-state index contributed by atoms with van der Waals surface area (Å²) in [5.74, 6) is 0.863. The van der Waals surface area contributed by atoms with Crippen LogP contribution in [0.4, 0.5) is 4.39 Å². The summed E-state index contributed by atoms with van der Waals surface area (Å²) in [4.78, 5) is 14.3. The second kappa shape index (κ2) is 9.10. The highest BCUT2D eigenvalue weighted by Crippen LogP contribution is 2.23. The Hall–Kier alpha value is -2.25. The minimum atomic E-state index is -0.250. The number of ether oxygens (including phenoxy) is 1. The van der Waals surface area contributed by atoms with Gasteiger partial charge in [0.2, 0.25) is 5.91 Å². The number of likely N-dealkylation sites (tertiary alicyclic amines) is 1. The van der Waals surface area contributed by atoms with E-state index in [9.17, 15) is 9.18 Å². The molecule has 1 amide bonds. The molecule has 2 atom stereocenters. The van der Waals surface area contributed by atoms with Crippen LogP contribution in [0.2, 0.25) is 0 Å². The molecule has 1 fully saturated rings. The van der Waals surface area contributed by atoms with E-state index in [1.807, 2.05) is 13.0 Å². The number of benzene rings is 1. The molecule has 1 aliphatic rings. The third kappa shape index (κ3) is 5.61. The van der Waals surface area contributed by atoms with Crippen LogP contribution in [0.3, 0.4) is 0 Å². The highest BCUT2D eigenvalue weighted by atomic mass is 19.1. The molecule has 1 aromatic carbocycles. The molecule has 2 heterocycles. The van der Waals surface area contributed by atoms with E-state index in [1.54, 1.807) is 19.2 Å². The Morgan fingerprint density at radius 1 is 1.37 bits per heavy atom. The Kier molecular flexibility index (Phi) is 6.58. The average molecular weight is 375 g/mol. The second-order valence-electron chi connectivity index (χ2n) is 7.09. The first-order chi connectivity index (χ1) is 13.0. The first-order valence-electron chi connectivity index (χ1n) is 9.22.